The van der Waals surface area contributed by atoms with Gasteiger partial charge in [0.1, 0.15) is 5.75 Å². The van der Waals surface area contributed by atoms with E-state index >= 15 is 0 Å². The van der Waals surface area contributed by atoms with Crippen molar-refractivity contribution < 1.29 is 32.2 Å². The second kappa shape index (κ2) is 13.7. The summed E-state index contributed by atoms with van der Waals surface area (Å²) in [4.78, 5) is 25.3. The Morgan fingerprint density at radius 1 is 0.974 bits per heavy atom. The Balaban J connectivity index is 2.36. The molecule has 0 aliphatic heterocycles. The second-order valence-corrected chi connectivity index (χ2v) is 9.92. The minimum absolute atomic E-state index is 0.0986. The number of aryl methyl sites for hydroxylation is 1. The molecule has 2 amide bonds. The Morgan fingerprint density at radius 2 is 1.66 bits per heavy atom. The largest absolute Gasteiger partial charge is 0.476 e. The van der Waals surface area contributed by atoms with Gasteiger partial charge in [-0.15, -0.1) is 0 Å². The number of hydrogen-bond donors (Lipinski definition) is 2. The monoisotopic (exact) mass is 556 g/mol. The van der Waals surface area contributed by atoms with E-state index < -0.39 is 35.0 Å². The molecule has 0 fully saturated rings. The van der Waals surface area contributed by atoms with Gasteiger partial charge in [0.25, 0.3) is 0 Å². The first-order chi connectivity index (χ1) is 17.8. The second-order valence-electron chi connectivity index (χ2n) is 9.49. The summed E-state index contributed by atoms with van der Waals surface area (Å²) in [5.41, 5.74) is -1.02. The van der Waals surface area contributed by atoms with Crippen LogP contribution in [0.15, 0.2) is 30.3 Å². The number of amides is 2. The molecular weight excluding hydrogens is 521 g/mol. The predicted molar refractivity (Wildman–Crippen MR) is 144 cm³/mol. The lowest BCUT2D eigenvalue weighted by Gasteiger charge is -2.26. The highest BCUT2D eigenvalue weighted by Gasteiger charge is 2.35. The fourth-order valence-electron chi connectivity index (χ4n) is 3.91. The third-order valence-electron chi connectivity index (χ3n) is 5.96. The van der Waals surface area contributed by atoms with Crippen LogP contribution in [0.2, 0.25) is 5.02 Å². The molecule has 0 radical (unpaired) electrons. The standard InChI is InChI=1S/C28H36ClF3N2O4/c1-6-8-9-10-11-12-19-13-16-23(38-27(4,5)25(35)37-7-2)18(3)24(19)34-26(36)33-22-15-14-20(29)17-21(22)28(30,31)32/h13-17H,6-12H2,1-5H3,(H2,33,34,36). The third kappa shape index (κ3) is 8.82. The number of anilines is 2. The minimum Gasteiger partial charge on any atom is -0.476 e. The minimum atomic E-state index is -4.71. The van der Waals surface area contributed by atoms with Crippen molar-refractivity contribution in [2.75, 3.05) is 17.2 Å². The molecule has 0 unspecified atom stereocenters. The van der Waals surface area contributed by atoms with Gasteiger partial charge in [0, 0.05) is 10.6 Å². The molecule has 0 saturated heterocycles. The zero-order valence-corrected chi connectivity index (χ0v) is 23.2. The molecule has 2 aromatic rings. The number of carbonyl (C=O) groups is 2. The van der Waals surface area contributed by atoms with Gasteiger partial charge in [-0.2, -0.15) is 13.2 Å². The molecule has 0 saturated carbocycles. The maximum Gasteiger partial charge on any atom is 0.418 e. The summed E-state index contributed by atoms with van der Waals surface area (Å²) in [6, 6.07) is 5.80. The van der Waals surface area contributed by atoms with E-state index in [9.17, 15) is 22.8 Å². The van der Waals surface area contributed by atoms with Crippen molar-refractivity contribution in [2.45, 2.75) is 84.9 Å². The average Bonchev–Trinajstić information content (AvgIpc) is 2.83. The molecule has 0 aliphatic carbocycles. The highest BCUT2D eigenvalue weighted by Crippen LogP contribution is 2.37. The number of urea groups is 1. The number of nitrogens with one attached hydrogen (secondary N) is 2. The first kappa shape index (κ1) is 31.3. The van der Waals surface area contributed by atoms with Gasteiger partial charge >= 0.3 is 18.2 Å². The Bertz CT molecular complexity index is 1120. The van der Waals surface area contributed by atoms with E-state index in [2.05, 4.69) is 17.6 Å². The SMILES string of the molecule is CCCCCCCc1ccc(OC(C)(C)C(=O)OCC)c(C)c1NC(=O)Nc1ccc(Cl)cc1C(F)(F)F. The van der Waals surface area contributed by atoms with Crippen LogP contribution < -0.4 is 15.4 Å². The van der Waals surface area contributed by atoms with Crippen molar-refractivity contribution in [3.8, 4) is 5.75 Å². The summed E-state index contributed by atoms with van der Waals surface area (Å²) in [7, 11) is 0. The molecule has 210 valence electrons. The van der Waals surface area contributed by atoms with Gasteiger partial charge in [-0.1, -0.05) is 50.3 Å². The van der Waals surface area contributed by atoms with Crippen LogP contribution in [0, 0.1) is 6.92 Å². The molecule has 6 nitrogen and oxygen atoms in total. The zero-order valence-electron chi connectivity index (χ0n) is 22.5. The van der Waals surface area contributed by atoms with Crippen LogP contribution >= 0.6 is 11.6 Å². The predicted octanol–water partition coefficient (Wildman–Crippen LogP) is 8.54. The van der Waals surface area contributed by atoms with Crippen molar-refractivity contribution in [1.29, 1.82) is 0 Å². The van der Waals surface area contributed by atoms with Gasteiger partial charge in [0.15, 0.2) is 5.60 Å². The molecule has 38 heavy (non-hydrogen) atoms. The number of esters is 1. The maximum atomic E-state index is 13.5. The number of halogens is 4. The third-order valence-corrected chi connectivity index (χ3v) is 6.19. The highest BCUT2D eigenvalue weighted by atomic mass is 35.5. The van der Waals surface area contributed by atoms with E-state index in [1.54, 1.807) is 39.8 Å². The van der Waals surface area contributed by atoms with Crippen LogP contribution in [0.1, 0.15) is 76.5 Å². The topological polar surface area (TPSA) is 76.7 Å². The Labute approximate surface area is 227 Å². The van der Waals surface area contributed by atoms with Gasteiger partial charge in [0.05, 0.1) is 23.5 Å². The normalized spacial score (nSPS) is 11.7. The van der Waals surface area contributed by atoms with Crippen LogP contribution in [0.3, 0.4) is 0 Å². The fraction of sp³-hybridized carbons (Fsp3) is 0.500. The van der Waals surface area contributed by atoms with Crippen molar-refractivity contribution in [2.24, 2.45) is 0 Å². The number of ether oxygens (including phenoxy) is 2. The Hall–Kier alpha value is -2.94. The van der Waals surface area contributed by atoms with Crippen LogP contribution in [0.5, 0.6) is 5.75 Å². The molecule has 0 atom stereocenters. The van der Waals surface area contributed by atoms with Gasteiger partial charge < -0.3 is 20.1 Å². The molecule has 2 aromatic carbocycles. The fourth-order valence-corrected chi connectivity index (χ4v) is 4.08. The van der Waals surface area contributed by atoms with E-state index in [-0.39, 0.29) is 11.6 Å². The molecule has 0 spiro atoms. The summed E-state index contributed by atoms with van der Waals surface area (Å²) in [6.45, 7) is 8.89. The maximum absolute atomic E-state index is 13.5. The zero-order chi connectivity index (χ0) is 28.5. The van der Waals surface area contributed by atoms with Crippen molar-refractivity contribution >= 4 is 35.0 Å². The Morgan fingerprint density at radius 3 is 2.29 bits per heavy atom. The number of carbonyl (C=O) groups excluding carboxylic acids is 2. The van der Waals surface area contributed by atoms with Crippen LogP contribution in [-0.2, 0) is 22.1 Å². The number of alkyl halides is 3. The average molecular weight is 557 g/mol. The molecule has 0 aliphatic rings. The van der Waals surface area contributed by atoms with Crippen molar-refractivity contribution in [1.82, 2.24) is 0 Å². The quantitative estimate of drug-likeness (QED) is 0.203. The molecule has 0 bridgehead atoms. The van der Waals surface area contributed by atoms with Crippen molar-refractivity contribution in [3.63, 3.8) is 0 Å². The van der Waals surface area contributed by atoms with E-state index in [0.717, 1.165) is 49.8 Å². The highest BCUT2D eigenvalue weighted by molar-refractivity contribution is 6.30. The van der Waals surface area contributed by atoms with E-state index in [1.165, 1.54) is 6.07 Å². The Kier molecular flexibility index (Phi) is 11.3. The lowest BCUT2D eigenvalue weighted by molar-refractivity contribution is -0.158. The number of benzene rings is 2. The lowest BCUT2D eigenvalue weighted by atomic mass is 10.00. The van der Waals surface area contributed by atoms with Gasteiger partial charge in [-0.3, -0.25) is 0 Å². The summed E-state index contributed by atoms with van der Waals surface area (Å²) < 4.78 is 51.6. The molecule has 2 N–H and O–H groups in total. The first-order valence-electron chi connectivity index (χ1n) is 12.7. The molecule has 2 rings (SSSR count). The number of unbranched alkanes of at least 4 members (excludes halogenated alkanes) is 4. The van der Waals surface area contributed by atoms with E-state index in [1.807, 2.05) is 0 Å². The number of hydrogen-bond acceptors (Lipinski definition) is 4. The molecular formula is C28H36ClF3N2O4. The summed E-state index contributed by atoms with van der Waals surface area (Å²) in [5, 5.41) is 4.90. The van der Waals surface area contributed by atoms with Crippen LogP contribution in [0.4, 0.5) is 29.3 Å². The van der Waals surface area contributed by atoms with Crippen LogP contribution in [0.25, 0.3) is 0 Å². The van der Waals surface area contributed by atoms with Gasteiger partial charge in [-0.25, -0.2) is 9.59 Å². The molecule has 10 heteroatoms. The van der Waals surface area contributed by atoms with Gasteiger partial charge in [-0.05, 0) is 70.4 Å². The molecule has 0 heterocycles. The van der Waals surface area contributed by atoms with Crippen molar-refractivity contribution in [3.05, 3.63) is 52.0 Å². The van der Waals surface area contributed by atoms with E-state index in [4.69, 9.17) is 21.1 Å². The first-order valence-corrected chi connectivity index (χ1v) is 13.1. The smallest absolute Gasteiger partial charge is 0.418 e. The summed E-state index contributed by atoms with van der Waals surface area (Å²) in [5.74, 6) is -0.204. The van der Waals surface area contributed by atoms with Gasteiger partial charge in [0.2, 0.25) is 0 Å². The molecule has 0 aromatic heterocycles. The number of rotatable bonds is 12. The summed E-state index contributed by atoms with van der Waals surface area (Å²) in [6.07, 6.45) is 1.15. The van der Waals surface area contributed by atoms with E-state index in [0.29, 0.717) is 23.4 Å². The lowest BCUT2D eigenvalue weighted by Crippen LogP contribution is -2.40. The van der Waals surface area contributed by atoms with Crippen LogP contribution in [-0.4, -0.2) is 24.2 Å². The summed E-state index contributed by atoms with van der Waals surface area (Å²) >= 11 is 5.75.